The van der Waals surface area contributed by atoms with Crippen LogP contribution in [0.1, 0.15) is 23.3 Å². The van der Waals surface area contributed by atoms with Crippen molar-refractivity contribution in [1.82, 2.24) is 9.47 Å². The zero-order valence-corrected chi connectivity index (χ0v) is 17.7. The standard InChI is InChI=1S/C14H22N2O.C8H7NOS/c1-15-13-6-3-7-14(9-13)17-11-12-5-4-8-16(2)10-12;1-9-6(5-10)4-8-7(9)2-3-11-8/h3,6-7,9,12,15H,4-5,8,10-11H2,1-2H3;2-5H,1H3. The lowest BCUT2D eigenvalue weighted by molar-refractivity contribution is 0.111. The molecule has 1 aliphatic rings. The highest BCUT2D eigenvalue weighted by Gasteiger charge is 2.17. The Balaban J connectivity index is 0.000000176. The van der Waals surface area contributed by atoms with Gasteiger partial charge in [0.05, 0.1) is 22.5 Å². The molecule has 1 saturated heterocycles. The number of anilines is 1. The summed E-state index contributed by atoms with van der Waals surface area (Å²) in [5.41, 5.74) is 2.98. The maximum Gasteiger partial charge on any atom is 0.166 e. The Morgan fingerprint density at radius 3 is 2.86 bits per heavy atom. The highest BCUT2D eigenvalue weighted by Crippen LogP contribution is 2.23. The number of hydrogen-bond donors (Lipinski definition) is 1. The molecule has 1 atom stereocenters. The molecule has 0 spiro atoms. The third kappa shape index (κ3) is 5.14. The van der Waals surface area contributed by atoms with Crippen LogP contribution < -0.4 is 10.1 Å². The summed E-state index contributed by atoms with van der Waals surface area (Å²) < 4.78 is 8.95. The number of nitrogens with one attached hydrogen (secondary N) is 1. The lowest BCUT2D eigenvalue weighted by atomic mass is 10.00. The van der Waals surface area contributed by atoms with Gasteiger partial charge in [-0.15, -0.1) is 11.3 Å². The van der Waals surface area contributed by atoms with Crippen LogP contribution in [-0.4, -0.2) is 49.5 Å². The molecule has 1 aliphatic heterocycles. The van der Waals surface area contributed by atoms with Crippen LogP contribution in [0.2, 0.25) is 0 Å². The van der Waals surface area contributed by atoms with Crippen molar-refractivity contribution in [2.75, 3.05) is 39.1 Å². The quantitative estimate of drug-likeness (QED) is 0.642. The number of rotatable bonds is 5. The Morgan fingerprint density at radius 2 is 2.14 bits per heavy atom. The fraction of sp³-hybridized carbons (Fsp3) is 0.409. The Bertz CT molecular complexity index is 902. The molecular formula is C22H29N3O2S. The zero-order valence-electron chi connectivity index (χ0n) is 16.9. The number of fused-ring (bicyclic) bond motifs is 1. The third-order valence-corrected chi connectivity index (χ3v) is 6.01. The molecule has 3 aromatic rings. The first-order chi connectivity index (χ1) is 13.6. The van der Waals surface area contributed by atoms with Crippen LogP contribution in [0.15, 0.2) is 41.8 Å². The normalized spacial score (nSPS) is 17.0. The monoisotopic (exact) mass is 399 g/mol. The van der Waals surface area contributed by atoms with E-state index in [-0.39, 0.29) is 0 Å². The van der Waals surface area contributed by atoms with Gasteiger partial charge < -0.3 is 19.5 Å². The van der Waals surface area contributed by atoms with Crippen molar-refractivity contribution in [1.29, 1.82) is 0 Å². The molecule has 0 aliphatic carbocycles. The summed E-state index contributed by atoms with van der Waals surface area (Å²) in [5, 5.41) is 5.15. The number of carbonyl (C=O) groups excluding carboxylic acids is 1. The summed E-state index contributed by atoms with van der Waals surface area (Å²) in [6.45, 7) is 3.22. The fourth-order valence-electron chi connectivity index (χ4n) is 3.55. The van der Waals surface area contributed by atoms with E-state index in [4.69, 9.17) is 4.74 Å². The average molecular weight is 400 g/mol. The van der Waals surface area contributed by atoms with Gasteiger partial charge in [0.15, 0.2) is 6.29 Å². The van der Waals surface area contributed by atoms with Gasteiger partial charge in [-0.2, -0.15) is 0 Å². The van der Waals surface area contributed by atoms with Gasteiger partial charge in [-0.25, -0.2) is 0 Å². The molecule has 4 rings (SSSR count). The molecule has 0 amide bonds. The molecule has 1 aromatic carbocycles. The SMILES string of the molecule is CNc1cccc(OCC2CCCN(C)C2)c1.Cn1c(C=O)cc2sccc21. The molecule has 1 fully saturated rings. The van der Waals surface area contributed by atoms with Crippen molar-refractivity contribution in [3.63, 3.8) is 0 Å². The summed E-state index contributed by atoms with van der Waals surface area (Å²) in [6.07, 6.45) is 3.46. The summed E-state index contributed by atoms with van der Waals surface area (Å²) >= 11 is 1.66. The van der Waals surface area contributed by atoms with E-state index in [1.54, 1.807) is 11.3 Å². The van der Waals surface area contributed by atoms with Gasteiger partial charge in [-0.1, -0.05) is 6.07 Å². The number of aromatic nitrogens is 1. The second kappa shape index (κ2) is 9.75. The van der Waals surface area contributed by atoms with E-state index in [1.807, 2.05) is 60.4 Å². The Kier molecular flexibility index (Phi) is 7.12. The van der Waals surface area contributed by atoms with Crippen molar-refractivity contribution >= 4 is 33.5 Å². The predicted molar refractivity (Wildman–Crippen MR) is 118 cm³/mol. The molecule has 0 saturated carbocycles. The molecule has 1 unspecified atom stereocenters. The van der Waals surface area contributed by atoms with Gasteiger partial charge in [-0.3, -0.25) is 4.79 Å². The molecule has 2 aromatic heterocycles. The number of likely N-dealkylation sites (tertiary alicyclic amines) is 1. The highest BCUT2D eigenvalue weighted by molar-refractivity contribution is 7.17. The lowest BCUT2D eigenvalue weighted by Crippen LogP contribution is -2.34. The number of hydrogen-bond acceptors (Lipinski definition) is 5. The van der Waals surface area contributed by atoms with E-state index < -0.39 is 0 Å². The maximum atomic E-state index is 10.5. The van der Waals surface area contributed by atoms with E-state index in [2.05, 4.69) is 17.3 Å². The number of ether oxygens (including phenoxy) is 1. The molecule has 0 bridgehead atoms. The van der Waals surface area contributed by atoms with E-state index in [1.165, 1.54) is 24.1 Å². The fourth-order valence-corrected chi connectivity index (χ4v) is 4.41. The molecule has 5 nitrogen and oxygen atoms in total. The van der Waals surface area contributed by atoms with Gasteiger partial charge in [0.1, 0.15) is 5.75 Å². The minimum absolute atomic E-state index is 0.673. The maximum absolute atomic E-state index is 10.5. The molecule has 150 valence electrons. The van der Waals surface area contributed by atoms with Crippen molar-refractivity contribution in [3.8, 4) is 5.75 Å². The summed E-state index contributed by atoms with van der Waals surface area (Å²) in [4.78, 5) is 12.9. The largest absolute Gasteiger partial charge is 0.493 e. The number of aldehydes is 1. The third-order valence-electron chi connectivity index (χ3n) is 5.15. The van der Waals surface area contributed by atoms with E-state index in [0.717, 1.165) is 42.1 Å². The second-order valence-electron chi connectivity index (χ2n) is 7.28. The van der Waals surface area contributed by atoms with Gasteiger partial charge >= 0.3 is 0 Å². The minimum Gasteiger partial charge on any atom is -0.493 e. The van der Waals surface area contributed by atoms with Gasteiger partial charge in [0.25, 0.3) is 0 Å². The number of benzene rings is 1. The molecule has 6 heteroatoms. The molecule has 0 radical (unpaired) electrons. The number of carbonyl (C=O) groups is 1. The molecule has 3 heterocycles. The predicted octanol–water partition coefficient (Wildman–Crippen LogP) is 4.50. The first kappa shape index (κ1) is 20.4. The second-order valence-corrected chi connectivity index (χ2v) is 8.22. The first-order valence-corrected chi connectivity index (χ1v) is 10.6. The first-order valence-electron chi connectivity index (χ1n) is 9.68. The summed E-state index contributed by atoms with van der Waals surface area (Å²) in [6, 6.07) is 12.1. The van der Waals surface area contributed by atoms with Crippen molar-refractivity contribution < 1.29 is 9.53 Å². The number of aryl methyl sites for hydroxylation is 1. The van der Waals surface area contributed by atoms with Gasteiger partial charge in [0, 0.05) is 38.3 Å². The van der Waals surface area contributed by atoms with Crippen molar-refractivity contribution in [3.05, 3.63) is 47.5 Å². The Morgan fingerprint density at radius 1 is 1.29 bits per heavy atom. The number of piperidine rings is 1. The number of thiophene rings is 1. The van der Waals surface area contributed by atoms with Crippen molar-refractivity contribution in [2.24, 2.45) is 13.0 Å². The van der Waals surface area contributed by atoms with Crippen molar-refractivity contribution in [2.45, 2.75) is 12.8 Å². The van der Waals surface area contributed by atoms with E-state index in [9.17, 15) is 4.79 Å². The van der Waals surface area contributed by atoms with Crippen LogP contribution in [-0.2, 0) is 7.05 Å². The van der Waals surface area contributed by atoms with Crippen LogP contribution in [0.4, 0.5) is 5.69 Å². The summed E-state index contributed by atoms with van der Waals surface area (Å²) in [7, 11) is 6.02. The van der Waals surface area contributed by atoms with Crippen LogP contribution in [0.25, 0.3) is 10.2 Å². The molecule has 28 heavy (non-hydrogen) atoms. The van der Waals surface area contributed by atoms with Crippen LogP contribution in [0.5, 0.6) is 5.75 Å². The lowest BCUT2D eigenvalue weighted by Gasteiger charge is -2.29. The van der Waals surface area contributed by atoms with Gasteiger partial charge in [0.2, 0.25) is 0 Å². The molecular weight excluding hydrogens is 370 g/mol. The Hall–Kier alpha value is -2.31. The Labute approximate surface area is 170 Å². The van der Waals surface area contributed by atoms with E-state index >= 15 is 0 Å². The smallest absolute Gasteiger partial charge is 0.166 e. The number of nitrogens with zero attached hydrogens (tertiary/aromatic N) is 2. The molecule has 1 N–H and O–H groups in total. The van der Waals surface area contributed by atoms with Crippen LogP contribution >= 0.6 is 11.3 Å². The topological polar surface area (TPSA) is 46.5 Å². The highest BCUT2D eigenvalue weighted by atomic mass is 32.1. The zero-order chi connectivity index (χ0) is 19.9. The van der Waals surface area contributed by atoms with Crippen LogP contribution in [0.3, 0.4) is 0 Å². The average Bonchev–Trinajstić information content (AvgIpc) is 3.30. The van der Waals surface area contributed by atoms with Gasteiger partial charge in [-0.05, 0) is 56.1 Å². The van der Waals surface area contributed by atoms with Crippen LogP contribution in [0, 0.1) is 5.92 Å². The minimum atomic E-state index is 0.673. The van der Waals surface area contributed by atoms with E-state index in [0.29, 0.717) is 5.92 Å². The summed E-state index contributed by atoms with van der Waals surface area (Å²) in [5.74, 6) is 1.64.